The Hall–Kier alpha value is -2.36. The maximum absolute atomic E-state index is 12.4. The van der Waals surface area contributed by atoms with Crippen LogP contribution in [0.5, 0.6) is 5.75 Å². The van der Waals surface area contributed by atoms with Crippen molar-refractivity contribution in [3.63, 3.8) is 0 Å². The topological polar surface area (TPSA) is 51.2 Å². The minimum absolute atomic E-state index is 0.179. The number of nitrogens with one attached hydrogen (secondary N) is 1. The van der Waals surface area contributed by atoms with Crippen LogP contribution in [-0.4, -0.2) is 18.0 Å². The highest BCUT2D eigenvalue weighted by Crippen LogP contribution is 2.28. The predicted molar refractivity (Wildman–Crippen MR) is 99.5 cm³/mol. The lowest BCUT2D eigenvalue weighted by Gasteiger charge is -2.16. The van der Waals surface area contributed by atoms with Gasteiger partial charge in [-0.05, 0) is 62.6 Å². The second-order valence-corrected chi connectivity index (χ2v) is 6.84. The molecular weight excluding hydrogens is 312 g/mol. The summed E-state index contributed by atoms with van der Waals surface area (Å²) in [6.07, 6.45) is 4.37. The molecular formula is C21H26N2O2. The van der Waals surface area contributed by atoms with E-state index in [4.69, 9.17) is 9.72 Å². The molecule has 1 N–H and O–H groups in total. The van der Waals surface area contributed by atoms with Crippen molar-refractivity contribution in [1.29, 1.82) is 0 Å². The first kappa shape index (κ1) is 17.5. The van der Waals surface area contributed by atoms with Crippen LogP contribution in [0.4, 0.5) is 0 Å². The number of aromatic nitrogens is 1. The molecule has 132 valence electrons. The first-order chi connectivity index (χ1) is 12.1. The lowest BCUT2D eigenvalue weighted by molar-refractivity contribution is -0.124. The van der Waals surface area contributed by atoms with E-state index in [0.29, 0.717) is 6.54 Å². The van der Waals surface area contributed by atoms with Crippen LogP contribution in [0.3, 0.4) is 0 Å². The van der Waals surface area contributed by atoms with Crippen LogP contribution >= 0.6 is 0 Å². The van der Waals surface area contributed by atoms with E-state index in [0.717, 1.165) is 46.7 Å². The number of nitrogens with zero attached hydrogens (tertiary/aromatic N) is 1. The fourth-order valence-electron chi connectivity index (χ4n) is 3.58. The molecule has 1 aromatic heterocycles. The minimum Gasteiger partial charge on any atom is -0.497 e. The van der Waals surface area contributed by atoms with Crippen molar-refractivity contribution in [3.05, 3.63) is 47.2 Å². The molecule has 1 fully saturated rings. The Morgan fingerprint density at radius 3 is 2.52 bits per heavy atom. The third-order valence-electron chi connectivity index (χ3n) is 5.00. The number of benzene rings is 1. The number of aryl methyl sites for hydroxylation is 2. The molecule has 4 heteroatoms. The van der Waals surface area contributed by atoms with Gasteiger partial charge < -0.3 is 10.1 Å². The molecule has 0 radical (unpaired) electrons. The van der Waals surface area contributed by atoms with E-state index in [-0.39, 0.29) is 11.8 Å². The van der Waals surface area contributed by atoms with Gasteiger partial charge in [-0.1, -0.05) is 12.8 Å². The van der Waals surface area contributed by atoms with E-state index < -0.39 is 0 Å². The van der Waals surface area contributed by atoms with E-state index in [1.54, 1.807) is 7.11 Å². The minimum atomic E-state index is 0.179. The van der Waals surface area contributed by atoms with Crippen LogP contribution in [0.25, 0.3) is 11.3 Å². The standard InChI is InChI=1S/C21H26N2O2/c1-14-12-15(2)23-20(16-8-10-18(25-3)11-9-16)19(14)13-22-21(24)17-6-4-5-7-17/h8-12,17H,4-7,13H2,1-3H3,(H,22,24). The first-order valence-electron chi connectivity index (χ1n) is 8.97. The molecule has 0 unspecified atom stereocenters. The summed E-state index contributed by atoms with van der Waals surface area (Å²) in [6.45, 7) is 4.61. The van der Waals surface area contributed by atoms with Crippen molar-refractivity contribution in [2.75, 3.05) is 7.11 Å². The van der Waals surface area contributed by atoms with Gasteiger partial charge in [0.25, 0.3) is 0 Å². The fourth-order valence-corrected chi connectivity index (χ4v) is 3.58. The second-order valence-electron chi connectivity index (χ2n) is 6.84. The molecule has 1 heterocycles. The largest absolute Gasteiger partial charge is 0.497 e. The first-order valence-corrected chi connectivity index (χ1v) is 8.97. The zero-order valence-corrected chi connectivity index (χ0v) is 15.3. The molecule has 0 aliphatic heterocycles. The van der Waals surface area contributed by atoms with Gasteiger partial charge in [0.2, 0.25) is 5.91 Å². The van der Waals surface area contributed by atoms with Gasteiger partial charge in [-0.15, -0.1) is 0 Å². The Balaban J connectivity index is 1.85. The molecule has 0 bridgehead atoms. The Kier molecular flexibility index (Phi) is 5.37. The molecule has 0 atom stereocenters. The maximum Gasteiger partial charge on any atom is 0.223 e. The summed E-state index contributed by atoms with van der Waals surface area (Å²) in [5.74, 6) is 1.19. The maximum atomic E-state index is 12.4. The number of amides is 1. The molecule has 1 aliphatic rings. The second kappa shape index (κ2) is 7.68. The van der Waals surface area contributed by atoms with Crippen molar-refractivity contribution in [2.45, 2.75) is 46.1 Å². The van der Waals surface area contributed by atoms with Gasteiger partial charge in [0.05, 0.1) is 12.8 Å². The van der Waals surface area contributed by atoms with Gasteiger partial charge in [-0.2, -0.15) is 0 Å². The zero-order valence-electron chi connectivity index (χ0n) is 15.3. The van der Waals surface area contributed by atoms with Crippen LogP contribution in [-0.2, 0) is 11.3 Å². The van der Waals surface area contributed by atoms with Crippen molar-refractivity contribution < 1.29 is 9.53 Å². The number of rotatable bonds is 5. The predicted octanol–water partition coefficient (Wildman–Crippen LogP) is 4.18. The van der Waals surface area contributed by atoms with Crippen LogP contribution < -0.4 is 10.1 Å². The average Bonchev–Trinajstić information content (AvgIpc) is 3.15. The highest BCUT2D eigenvalue weighted by atomic mass is 16.5. The molecule has 0 saturated heterocycles. The fraction of sp³-hybridized carbons (Fsp3) is 0.429. The van der Waals surface area contributed by atoms with Crippen LogP contribution in [0.2, 0.25) is 0 Å². The van der Waals surface area contributed by atoms with E-state index >= 15 is 0 Å². The van der Waals surface area contributed by atoms with Crippen LogP contribution in [0, 0.1) is 19.8 Å². The van der Waals surface area contributed by atoms with Crippen molar-refractivity contribution in [2.24, 2.45) is 5.92 Å². The molecule has 0 spiro atoms. The molecule has 1 amide bonds. The molecule has 25 heavy (non-hydrogen) atoms. The lowest BCUT2D eigenvalue weighted by atomic mass is 10.00. The number of hydrogen-bond acceptors (Lipinski definition) is 3. The summed E-state index contributed by atoms with van der Waals surface area (Å²) >= 11 is 0. The number of carbonyl (C=O) groups excluding carboxylic acids is 1. The summed E-state index contributed by atoms with van der Waals surface area (Å²) in [7, 11) is 1.66. The van der Waals surface area contributed by atoms with Gasteiger partial charge in [0.1, 0.15) is 5.75 Å². The highest BCUT2D eigenvalue weighted by molar-refractivity contribution is 5.79. The summed E-state index contributed by atoms with van der Waals surface area (Å²) in [5, 5.41) is 3.13. The number of methoxy groups -OCH3 is 1. The SMILES string of the molecule is COc1ccc(-c2nc(C)cc(C)c2CNC(=O)C2CCCC2)cc1. The van der Waals surface area contributed by atoms with Crippen molar-refractivity contribution in [3.8, 4) is 17.0 Å². The monoisotopic (exact) mass is 338 g/mol. The third-order valence-corrected chi connectivity index (χ3v) is 5.00. The van der Waals surface area contributed by atoms with Gasteiger partial charge in [-0.25, -0.2) is 0 Å². The Morgan fingerprint density at radius 1 is 1.20 bits per heavy atom. The number of hydrogen-bond donors (Lipinski definition) is 1. The smallest absolute Gasteiger partial charge is 0.223 e. The van der Waals surface area contributed by atoms with E-state index in [2.05, 4.69) is 18.3 Å². The van der Waals surface area contributed by atoms with Gasteiger partial charge >= 0.3 is 0 Å². The van der Waals surface area contributed by atoms with E-state index in [1.807, 2.05) is 31.2 Å². The molecule has 1 saturated carbocycles. The molecule has 1 aliphatic carbocycles. The summed E-state index contributed by atoms with van der Waals surface area (Å²) in [5.41, 5.74) is 5.20. The van der Waals surface area contributed by atoms with Crippen molar-refractivity contribution in [1.82, 2.24) is 10.3 Å². The summed E-state index contributed by atoms with van der Waals surface area (Å²) in [4.78, 5) is 17.1. The van der Waals surface area contributed by atoms with Crippen molar-refractivity contribution >= 4 is 5.91 Å². The van der Waals surface area contributed by atoms with E-state index in [1.165, 1.54) is 12.8 Å². The van der Waals surface area contributed by atoms with E-state index in [9.17, 15) is 4.79 Å². The summed E-state index contributed by atoms with van der Waals surface area (Å²) in [6, 6.07) is 9.99. The number of pyridine rings is 1. The van der Waals surface area contributed by atoms with Gasteiger partial charge in [0, 0.05) is 29.3 Å². The third kappa shape index (κ3) is 4.01. The van der Waals surface area contributed by atoms with Crippen LogP contribution in [0.1, 0.15) is 42.5 Å². The Labute approximate surface area is 149 Å². The summed E-state index contributed by atoms with van der Waals surface area (Å²) < 4.78 is 5.24. The molecule has 3 rings (SSSR count). The van der Waals surface area contributed by atoms with Gasteiger partial charge in [-0.3, -0.25) is 9.78 Å². The normalized spacial score (nSPS) is 14.5. The molecule has 2 aromatic rings. The average molecular weight is 338 g/mol. The quantitative estimate of drug-likeness (QED) is 0.890. The number of ether oxygens (including phenoxy) is 1. The Bertz CT molecular complexity index is 747. The zero-order chi connectivity index (χ0) is 17.8. The lowest BCUT2D eigenvalue weighted by Crippen LogP contribution is -2.29. The molecule has 1 aromatic carbocycles. The highest BCUT2D eigenvalue weighted by Gasteiger charge is 2.23. The Morgan fingerprint density at radius 2 is 1.88 bits per heavy atom. The molecule has 4 nitrogen and oxygen atoms in total. The number of carbonyl (C=O) groups is 1. The van der Waals surface area contributed by atoms with Crippen LogP contribution in [0.15, 0.2) is 30.3 Å². The van der Waals surface area contributed by atoms with Gasteiger partial charge in [0.15, 0.2) is 0 Å².